The molecule has 3 heterocycles. The Bertz CT molecular complexity index is 851. The van der Waals surface area contributed by atoms with Gasteiger partial charge in [0.05, 0.1) is 38.0 Å². The standard InChI is InChI=1S/C21H28N2O4/c1-4-8-22-15(2)19(17-12-16(25-3)5-6-18(17)22)20(24)23-9-11-27-14-21(23)7-10-26-13-21/h5-6,12H,4,7-11,13-14H2,1-3H3. The number of nitrogens with zero attached hydrogens (tertiary/aromatic N) is 2. The van der Waals surface area contributed by atoms with Crippen LogP contribution in [0.3, 0.4) is 0 Å². The van der Waals surface area contributed by atoms with Gasteiger partial charge in [0.2, 0.25) is 0 Å². The molecule has 6 heteroatoms. The van der Waals surface area contributed by atoms with Gasteiger partial charge < -0.3 is 23.7 Å². The maximum Gasteiger partial charge on any atom is 0.257 e. The lowest BCUT2D eigenvalue weighted by molar-refractivity contribution is -0.0550. The predicted octanol–water partition coefficient (Wildman–Crippen LogP) is 3.00. The second-order valence-corrected chi connectivity index (χ2v) is 7.53. The fourth-order valence-corrected chi connectivity index (χ4v) is 4.48. The van der Waals surface area contributed by atoms with Gasteiger partial charge in [0.1, 0.15) is 5.75 Å². The van der Waals surface area contributed by atoms with Crippen LogP contribution >= 0.6 is 0 Å². The topological polar surface area (TPSA) is 52.9 Å². The fraction of sp³-hybridized carbons (Fsp3) is 0.571. The van der Waals surface area contributed by atoms with Crippen molar-refractivity contribution in [1.82, 2.24) is 9.47 Å². The van der Waals surface area contributed by atoms with E-state index in [-0.39, 0.29) is 11.4 Å². The Kier molecular flexibility index (Phi) is 4.86. The van der Waals surface area contributed by atoms with Crippen molar-refractivity contribution in [3.63, 3.8) is 0 Å². The van der Waals surface area contributed by atoms with Crippen LogP contribution < -0.4 is 4.74 Å². The molecule has 27 heavy (non-hydrogen) atoms. The zero-order valence-electron chi connectivity index (χ0n) is 16.4. The van der Waals surface area contributed by atoms with Crippen molar-refractivity contribution in [2.24, 2.45) is 0 Å². The van der Waals surface area contributed by atoms with Gasteiger partial charge in [-0.3, -0.25) is 4.79 Å². The molecular weight excluding hydrogens is 344 g/mol. The van der Waals surface area contributed by atoms with Crippen LogP contribution in [0.2, 0.25) is 0 Å². The minimum atomic E-state index is -0.334. The van der Waals surface area contributed by atoms with Gasteiger partial charge in [-0.1, -0.05) is 6.92 Å². The van der Waals surface area contributed by atoms with E-state index < -0.39 is 0 Å². The fourth-order valence-electron chi connectivity index (χ4n) is 4.48. The van der Waals surface area contributed by atoms with Crippen LogP contribution in [0.25, 0.3) is 10.9 Å². The average molecular weight is 372 g/mol. The summed E-state index contributed by atoms with van der Waals surface area (Å²) in [6, 6.07) is 6.00. The number of hydrogen-bond donors (Lipinski definition) is 0. The molecule has 4 rings (SSSR count). The maximum atomic E-state index is 13.8. The second kappa shape index (κ2) is 7.17. The highest BCUT2D eigenvalue weighted by Crippen LogP contribution is 2.35. The minimum Gasteiger partial charge on any atom is -0.497 e. The van der Waals surface area contributed by atoms with Gasteiger partial charge in [0, 0.05) is 36.3 Å². The van der Waals surface area contributed by atoms with Crippen LogP contribution in [0.5, 0.6) is 5.75 Å². The summed E-state index contributed by atoms with van der Waals surface area (Å²) in [4.78, 5) is 15.8. The average Bonchev–Trinajstić information content (AvgIpc) is 3.25. The Morgan fingerprint density at radius 3 is 2.74 bits per heavy atom. The van der Waals surface area contributed by atoms with Crippen molar-refractivity contribution in [2.45, 2.75) is 38.8 Å². The Morgan fingerprint density at radius 1 is 1.26 bits per heavy atom. The van der Waals surface area contributed by atoms with Gasteiger partial charge in [-0.25, -0.2) is 0 Å². The summed E-state index contributed by atoms with van der Waals surface area (Å²) >= 11 is 0. The molecule has 146 valence electrons. The molecule has 0 aliphatic carbocycles. The number of morpholine rings is 1. The quantitative estimate of drug-likeness (QED) is 0.828. The van der Waals surface area contributed by atoms with E-state index in [9.17, 15) is 4.79 Å². The maximum absolute atomic E-state index is 13.8. The van der Waals surface area contributed by atoms with Gasteiger partial charge in [-0.2, -0.15) is 0 Å². The first-order valence-corrected chi connectivity index (χ1v) is 9.75. The molecule has 6 nitrogen and oxygen atoms in total. The van der Waals surface area contributed by atoms with Gasteiger partial charge in [-0.05, 0) is 38.0 Å². The number of methoxy groups -OCH3 is 1. The van der Waals surface area contributed by atoms with Gasteiger partial charge in [0.15, 0.2) is 0 Å². The van der Waals surface area contributed by atoms with Crippen molar-refractivity contribution in [1.29, 1.82) is 0 Å². The lowest BCUT2D eigenvalue weighted by atomic mass is 9.94. The molecule has 1 unspecified atom stereocenters. The van der Waals surface area contributed by atoms with E-state index in [1.54, 1.807) is 7.11 Å². The number of carbonyl (C=O) groups is 1. The molecule has 0 radical (unpaired) electrons. The smallest absolute Gasteiger partial charge is 0.257 e. The Labute approximate surface area is 160 Å². The number of amides is 1. The number of ether oxygens (including phenoxy) is 3. The molecule has 1 aromatic carbocycles. The van der Waals surface area contributed by atoms with Crippen LogP contribution in [0.4, 0.5) is 0 Å². The number of hydrogen-bond acceptors (Lipinski definition) is 4. The van der Waals surface area contributed by atoms with Gasteiger partial charge >= 0.3 is 0 Å². The highest BCUT2D eigenvalue weighted by Gasteiger charge is 2.46. The van der Waals surface area contributed by atoms with Crippen molar-refractivity contribution in [3.05, 3.63) is 29.5 Å². The molecule has 0 bridgehead atoms. The van der Waals surface area contributed by atoms with Crippen LogP contribution in [0.1, 0.15) is 35.8 Å². The first kappa shape index (κ1) is 18.3. The Balaban J connectivity index is 1.84. The summed E-state index contributed by atoms with van der Waals surface area (Å²) in [5.74, 6) is 0.848. The minimum absolute atomic E-state index is 0.0782. The predicted molar refractivity (Wildman–Crippen MR) is 104 cm³/mol. The molecule has 1 atom stereocenters. The molecule has 2 aliphatic rings. The summed E-state index contributed by atoms with van der Waals surface area (Å²) in [7, 11) is 1.66. The summed E-state index contributed by atoms with van der Waals surface area (Å²) < 4.78 is 19.1. The van der Waals surface area contributed by atoms with E-state index >= 15 is 0 Å². The monoisotopic (exact) mass is 372 g/mol. The van der Waals surface area contributed by atoms with E-state index in [0.717, 1.165) is 47.3 Å². The zero-order chi connectivity index (χ0) is 19.0. The number of fused-ring (bicyclic) bond motifs is 1. The van der Waals surface area contributed by atoms with E-state index in [1.165, 1.54) is 0 Å². The molecule has 2 aliphatic heterocycles. The third-order valence-electron chi connectivity index (χ3n) is 5.92. The first-order valence-electron chi connectivity index (χ1n) is 9.75. The Hall–Kier alpha value is -2.05. The summed E-state index contributed by atoms with van der Waals surface area (Å²) in [5, 5.41) is 0.964. The third kappa shape index (κ3) is 2.91. The number of aryl methyl sites for hydroxylation is 1. The molecule has 2 aromatic rings. The molecule has 0 N–H and O–H groups in total. The van der Waals surface area contributed by atoms with E-state index in [1.807, 2.05) is 24.0 Å². The van der Waals surface area contributed by atoms with Gasteiger partial charge in [-0.15, -0.1) is 0 Å². The molecule has 2 fully saturated rings. The second-order valence-electron chi connectivity index (χ2n) is 7.53. The summed E-state index contributed by atoms with van der Waals surface area (Å²) in [5.41, 5.74) is 2.56. The normalized spacial score (nSPS) is 22.7. The van der Waals surface area contributed by atoms with Crippen LogP contribution in [0.15, 0.2) is 18.2 Å². The lowest BCUT2D eigenvalue weighted by Gasteiger charge is -2.43. The van der Waals surface area contributed by atoms with Crippen molar-refractivity contribution in [2.75, 3.05) is 40.1 Å². The Morgan fingerprint density at radius 2 is 2.04 bits per heavy atom. The molecular formula is C21H28N2O4. The SMILES string of the molecule is CCCn1c(C)c(C(=O)N2CCOCC23CCOC3)c2cc(OC)ccc21. The zero-order valence-corrected chi connectivity index (χ0v) is 16.4. The highest BCUT2D eigenvalue weighted by molar-refractivity contribution is 6.09. The van der Waals surface area contributed by atoms with E-state index in [2.05, 4.69) is 17.6 Å². The van der Waals surface area contributed by atoms with Crippen LogP contribution in [-0.4, -0.2) is 61.0 Å². The lowest BCUT2D eigenvalue weighted by Crippen LogP contribution is -2.59. The number of carbonyl (C=O) groups excluding carboxylic acids is 1. The van der Waals surface area contributed by atoms with Gasteiger partial charge in [0.25, 0.3) is 5.91 Å². The van der Waals surface area contributed by atoms with E-state index in [4.69, 9.17) is 14.2 Å². The molecule has 0 saturated carbocycles. The van der Waals surface area contributed by atoms with Crippen molar-refractivity contribution >= 4 is 16.8 Å². The largest absolute Gasteiger partial charge is 0.497 e. The van der Waals surface area contributed by atoms with E-state index in [0.29, 0.717) is 33.0 Å². The number of rotatable bonds is 4. The molecule has 1 aromatic heterocycles. The molecule has 1 spiro atoms. The molecule has 2 saturated heterocycles. The number of aromatic nitrogens is 1. The van der Waals surface area contributed by atoms with Crippen molar-refractivity contribution < 1.29 is 19.0 Å². The summed E-state index contributed by atoms with van der Waals surface area (Å²) in [6.45, 7) is 8.05. The van der Waals surface area contributed by atoms with Crippen molar-refractivity contribution in [3.8, 4) is 5.75 Å². The highest BCUT2D eigenvalue weighted by atomic mass is 16.5. The number of benzene rings is 1. The first-order chi connectivity index (χ1) is 13.1. The van der Waals surface area contributed by atoms with Crippen LogP contribution in [0, 0.1) is 6.92 Å². The third-order valence-corrected chi connectivity index (χ3v) is 5.92. The summed E-state index contributed by atoms with van der Waals surface area (Å²) in [6.07, 6.45) is 1.84. The van der Waals surface area contributed by atoms with Crippen LogP contribution in [-0.2, 0) is 16.0 Å². The molecule has 1 amide bonds.